The van der Waals surface area contributed by atoms with Crippen LogP contribution in [0.1, 0.15) is 56.8 Å². The molecule has 2 rings (SSSR count). The van der Waals surface area contributed by atoms with Gasteiger partial charge < -0.3 is 10.1 Å². The highest BCUT2D eigenvalue weighted by Crippen LogP contribution is 2.30. The van der Waals surface area contributed by atoms with E-state index < -0.39 is 0 Å². The topological polar surface area (TPSA) is 21.3 Å². The van der Waals surface area contributed by atoms with Crippen LogP contribution in [0.4, 0.5) is 0 Å². The number of likely N-dealkylation sites (N-methyl/N-ethyl adjacent to an activating group) is 1. The molecule has 20 heavy (non-hydrogen) atoms. The van der Waals surface area contributed by atoms with Gasteiger partial charge in [-0.2, -0.15) is 0 Å². The summed E-state index contributed by atoms with van der Waals surface area (Å²) >= 11 is 0. The summed E-state index contributed by atoms with van der Waals surface area (Å²) in [6.45, 7) is 8.51. The summed E-state index contributed by atoms with van der Waals surface area (Å²) in [7, 11) is 0. The number of hydrogen-bond acceptors (Lipinski definition) is 2. The molecule has 1 aromatic carbocycles. The maximum Gasteiger partial charge on any atom is 0.0953 e. The van der Waals surface area contributed by atoms with E-state index in [2.05, 4.69) is 50.4 Å². The second-order valence-electron chi connectivity index (χ2n) is 6.14. The lowest BCUT2D eigenvalue weighted by molar-refractivity contribution is -0.0562. The number of ether oxygens (including phenoxy) is 1. The maximum atomic E-state index is 6.47. The SMILES string of the molecule is CCNCC(OC1CCCCC1C)c1ccc(C)cc1. The molecule has 0 spiro atoms. The van der Waals surface area contributed by atoms with Gasteiger partial charge in [-0.15, -0.1) is 0 Å². The first-order valence-corrected chi connectivity index (χ1v) is 8.13. The lowest BCUT2D eigenvalue weighted by atomic mass is 9.87. The van der Waals surface area contributed by atoms with E-state index in [9.17, 15) is 0 Å². The molecule has 112 valence electrons. The van der Waals surface area contributed by atoms with Crippen LogP contribution in [0.5, 0.6) is 0 Å². The van der Waals surface area contributed by atoms with E-state index in [0.29, 0.717) is 12.0 Å². The number of rotatable bonds is 6. The van der Waals surface area contributed by atoms with Crippen LogP contribution in [-0.4, -0.2) is 19.2 Å². The van der Waals surface area contributed by atoms with Gasteiger partial charge in [-0.1, -0.05) is 56.5 Å². The van der Waals surface area contributed by atoms with E-state index in [0.717, 1.165) is 13.1 Å². The zero-order valence-corrected chi connectivity index (χ0v) is 13.2. The molecule has 0 radical (unpaired) electrons. The number of hydrogen-bond donors (Lipinski definition) is 1. The third-order valence-electron chi connectivity index (χ3n) is 4.40. The van der Waals surface area contributed by atoms with Gasteiger partial charge in [0, 0.05) is 6.54 Å². The fourth-order valence-electron chi connectivity index (χ4n) is 3.00. The van der Waals surface area contributed by atoms with Crippen molar-refractivity contribution in [1.29, 1.82) is 0 Å². The van der Waals surface area contributed by atoms with E-state index in [1.165, 1.54) is 36.8 Å². The highest BCUT2D eigenvalue weighted by molar-refractivity contribution is 5.23. The summed E-state index contributed by atoms with van der Waals surface area (Å²) in [5.41, 5.74) is 2.61. The van der Waals surface area contributed by atoms with E-state index in [4.69, 9.17) is 4.74 Å². The molecule has 0 heterocycles. The second kappa shape index (κ2) is 7.80. The van der Waals surface area contributed by atoms with Crippen LogP contribution in [0.3, 0.4) is 0 Å². The Hall–Kier alpha value is -0.860. The summed E-state index contributed by atoms with van der Waals surface area (Å²) in [4.78, 5) is 0. The molecule has 2 nitrogen and oxygen atoms in total. The minimum absolute atomic E-state index is 0.182. The standard InChI is InChI=1S/C18H29NO/c1-4-19-13-18(16-11-9-14(2)10-12-16)20-17-8-6-5-7-15(17)3/h9-12,15,17-19H,4-8,13H2,1-3H3. The van der Waals surface area contributed by atoms with E-state index in [1.54, 1.807) is 0 Å². The molecular formula is C18H29NO. The van der Waals surface area contributed by atoms with Crippen molar-refractivity contribution in [3.05, 3.63) is 35.4 Å². The Morgan fingerprint density at radius 2 is 1.90 bits per heavy atom. The van der Waals surface area contributed by atoms with E-state index in [1.807, 2.05) is 0 Å². The quantitative estimate of drug-likeness (QED) is 0.838. The van der Waals surface area contributed by atoms with Gasteiger partial charge in [0.2, 0.25) is 0 Å². The average Bonchev–Trinajstić information content (AvgIpc) is 2.46. The zero-order chi connectivity index (χ0) is 14.4. The van der Waals surface area contributed by atoms with Crippen LogP contribution >= 0.6 is 0 Å². The van der Waals surface area contributed by atoms with Crippen molar-refractivity contribution < 1.29 is 4.74 Å². The Bertz CT molecular complexity index is 387. The molecule has 0 aliphatic heterocycles. The molecule has 0 bridgehead atoms. The maximum absolute atomic E-state index is 6.47. The Kier molecular flexibility index (Phi) is 6.06. The van der Waals surface area contributed by atoms with Crippen molar-refractivity contribution in [1.82, 2.24) is 5.32 Å². The fourth-order valence-corrected chi connectivity index (χ4v) is 3.00. The smallest absolute Gasteiger partial charge is 0.0953 e. The zero-order valence-electron chi connectivity index (χ0n) is 13.2. The number of benzene rings is 1. The molecular weight excluding hydrogens is 246 g/mol. The molecule has 1 aromatic rings. The lowest BCUT2D eigenvalue weighted by Crippen LogP contribution is -2.31. The van der Waals surface area contributed by atoms with Crippen molar-refractivity contribution in [3.63, 3.8) is 0 Å². The monoisotopic (exact) mass is 275 g/mol. The average molecular weight is 275 g/mol. The van der Waals surface area contributed by atoms with Crippen LogP contribution in [0.2, 0.25) is 0 Å². The first kappa shape index (κ1) is 15.5. The largest absolute Gasteiger partial charge is 0.369 e. The third kappa shape index (κ3) is 4.32. The molecule has 1 aliphatic rings. The van der Waals surface area contributed by atoms with Crippen LogP contribution in [0.15, 0.2) is 24.3 Å². The molecule has 2 heteroatoms. The summed E-state index contributed by atoms with van der Waals surface area (Å²) in [6, 6.07) is 8.79. The van der Waals surface area contributed by atoms with Crippen LogP contribution in [0, 0.1) is 12.8 Å². The van der Waals surface area contributed by atoms with Gasteiger partial charge in [0.15, 0.2) is 0 Å². The first-order chi connectivity index (χ1) is 9.70. The van der Waals surface area contributed by atoms with Crippen LogP contribution < -0.4 is 5.32 Å². The van der Waals surface area contributed by atoms with Gasteiger partial charge >= 0.3 is 0 Å². The highest BCUT2D eigenvalue weighted by atomic mass is 16.5. The van der Waals surface area contributed by atoms with Gasteiger partial charge in [0.05, 0.1) is 12.2 Å². The predicted octanol–water partition coefficient (Wildman–Crippen LogP) is 4.24. The molecule has 1 N–H and O–H groups in total. The molecule has 3 atom stereocenters. The van der Waals surface area contributed by atoms with Gasteiger partial charge in [-0.25, -0.2) is 0 Å². The highest BCUT2D eigenvalue weighted by Gasteiger charge is 2.25. The van der Waals surface area contributed by atoms with Gasteiger partial charge in [-0.3, -0.25) is 0 Å². The Labute approximate surface area is 123 Å². The minimum atomic E-state index is 0.182. The molecule has 0 amide bonds. The van der Waals surface area contributed by atoms with Crippen molar-refractivity contribution in [2.75, 3.05) is 13.1 Å². The normalized spacial score (nSPS) is 24.6. The van der Waals surface area contributed by atoms with Gasteiger partial charge in [-0.05, 0) is 37.8 Å². The van der Waals surface area contributed by atoms with E-state index >= 15 is 0 Å². The first-order valence-electron chi connectivity index (χ1n) is 8.13. The third-order valence-corrected chi connectivity index (χ3v) is 4.40. The number of nitrogens with one attached hydrogen (secondary N) is 1. The second-order valence-corrected chi connectivity index (χ2v) is 6.14. The van der Waals surface area contributed by atoms with Crippen molar-refractivity contribution in [2.45, 2.75) is 58.7 Å². The Morgan fingerprint density at radius 1 is 1.20 bits per heavy atom. The summed E-state index contributed by atoms with van der Waals surface area (Å²) < 4.78 is 6.47. The van der Waals surface area contributed by atoms with Crippen LogP contribution in [0.25, 0.3) is 0 Å². The lowest BCUT2D eigenvalue weighted by Gasteiger charge is -2.32. The Balaban J connectivity index is 2.04. The number of aryl methyl sites for hydroxylation is 1. The summed E-state index contributed by atoms with van der Waals surface area (Å²) in [5.74, 6) is 0.693. The predicted molar refractivity (Wildman–Crippen MR) is 85.0 cm³/mol. The molecule has 1 saturated carbocycles. The van der Waals surface area contributed by atoms with E-state index in [-0.39, 0.29) is 6.10 Å². The molecule has 3 unspecified atom stereocenters. The molecule has 1 fully saturated rings. The van der Waals surface area contributed by atoms with Gasteiger partial charge in [0.25, 0.3) is 0 Å². The summed E-state index contributed by atoms with van der Waals surface area (Å²) in [5, 5.41) is 3.44. The fraction of sp³-hybridized carbons (Fsp3) is 0.667. The summed E-state index contributed by atoms with van der Waals surface area (Å²) in [6.07, 6.45) is 5.82. The van der Waals surface area contributed by atoms with Crippen LogP contribution in [-0.2, 0) is 4.74 Å². The Morgan fingerprint density at radius 3 is 2.55 bits per heavy atom. The van der Waals surface area contributed by atoms with Crippen molar-refractivity contribution in [2.24, 2.45) is 5.92 Å². The minimum Gasteiger partial charge on any atom is -0.369 e. The molecule has 0 aromatic heterocycles. The molecule has 0 saturated heterocycles. The van der Waals surface area contributed by atoms with Crippen molar-refractivity contribution in [3.8, 4) is 0 Å². The molecule has 1 aliphatic carbocycles. The van der Waals surface area contributed by atoms with Crippen molar-refractivity contribution >= 4 is 0 Å². The van der Waals surface area contributed by atoms with Gasteiger partial charge in [0.1, 0.15) is 0 Å².